The van der Waals surface area contributed by atoms with Crippen LogP contribution in [0.15, 0.2) is 47.6 Å². The van der Waals surface area contributed by atoms with E-state index in [9.17, 15) is 18.0 Å². The normalized spacial score (nSPS) is 15.6. The Morgan fingerprint density at radius 1 is 1.17 bits per heavy atom. The number of nitrogens with one attached hydrogen (secondary N) is 2. The number of carbonyl (C=O) groups is 2. The molecule has 13 heteroatoms. The molecule has 194 valence electrons. The second kappa shape index (κ2) is 12.9. The van der Waals surface area contributed by atoms with Crippen molar-refractivity contribution in [1.82, 2.24) is 10.7 Å². The van der Waals surface area contributed by atoms with Gasteiger partial charge in [-0.3, -0.25) is 13.9 Å². The quantitative estimate of drug-likeness (QED) is 0.323. The van der Waals surface area contributed by atoms with Gasteiger partial charge in [0.25, 0.3) is 11.8 Å². The molecular formula is C23H26Cl2N4O6S. The molecule has 1 aliphatic rings. The summed E-state index contributed by atoms with van der Waals surface area (Å²) < 4.78 is 36.2. The third kappa shape index (κ3) is 8.66. The first kappa shape index (κ1) is 27.7. The molecule has 1 aliphatic heterocycles. The molecule has 0 unspecified atom stereocenters. The van der Waals surface area contributed by atoms with Crippen molar-refractivity contribution in [2.45, 2.75) is 18.9 Å². The average Bonchev–Trinajstić information content (AvgIpc) is 3.36. The number of carbonyl (C=O) groups excluding carboxylic acids is 2. The molecule has 0 saturated carbocycles. The molecule has 2 aromatic carbocycles. The van der Waals surface area contributed by atoms with Crippen LogP contribution >= 0.6 is 23.2 Å². The molecular weight excluding hydrogens is 531 g/mol. The number of sulfonamides is 1. The van der Waals surface area contributed by atoms with Gasteiger partial charge < -0.3 is 14.8 Å². The van der Waals surface area contributed by atoms with Crippen molar-refractivity contribution >= 4 is 56.9 Å². The number of halogens is 2. The molecule has 1 fully saturated rings. The highest BCUT2D eigenvalue weighted by atomic mass is 35.5. The van der Waals surface area contributed by atoms with Crippen LogP contribution in [-0.4, -0.2) is 65.1 Å². The largest absolute Gasteiger partial charge is 0.484 e. The fraction of sp³-hybridized carbons (Fsp3) is 0.348. The van der Waals surface area contributed by atoms with E-state index < -0.39 is 22.5 Å². The minimum atomic E-state index is -3.77. The zero-order valence-electron chi connectivity index (χ0n) is 19.4. The third-order valence-corrected chi connectivity index (χ3v) is 6.96. The first-order chi connectivity index (χ1) is 17.1. The van der Waals surface area contributed by atoms with E-state index in [-0.39, 0.29) is 34.4 Å². The number of rotatable bonds is 11. The van der Waals surface area contributed by atoms with Crippen molar-refractivity contribution in [2.24, 2.45) is 5.10 Å². The van der Waals surface area contributed by atoms with Crippen LogP contribution in [-0.2, 0) is 24.3 Å². The van der Waals surface area contributed by atoms with Gasteiger partial charge in [-0.15, -0.1) is 0 Å². The average molecular weight is 557 g/mol. The molecule has 0 spiro atoms. The van der Waals surface area contributed by atoms with Gasteiger partial charge in [-0.25, -0.2) is 13.8 Å². The van der Waals surface area contributed by atoms with E-state index in [2.05, 4.69) is 15.8 Å². The van der Waals surface area contributed by atoms with Crippen molar-refractivity contribution in [3.05, 3.63) is 58.1 Å². The Morgan fingerprint density at radius 2 is 1.92 bits per heavy atom. The van der Waals surface area contributed by atoms with E-state index in [0.29, 0.717) is 17.9 Å². The van der Waals surface area contributed by atoms with Gasteiger partial charge in [0.1, 0.15) is 12.3 Å². The van der Waals surface area contributed by atoms with Gasteiger partial charge >= 0.3 is 0 Å². The number of hydrazone groups is 1. The van der Waals surface area contributed by atoms with Crippen molar-refractivity contribution in [1.29, 1.82) is 0 Å². The molecule has 10 nitrogen and oxygen atoms in total. The zero-order valence-corrected chi connectivity index (χ0v) is 21.8. The van der Waals surface area contributed by atoms with Gasteiger partial charge in [-0.05, 0) is 60.9 Å². The molecule has 2 amide bonds. The Kier molecular flexibility index (Phi) is 9.94. The summed E-state index contributed by atoms with van der Waals surface area (Å²) >= 11 is 11.8. The predicted molar refractivity (Wildman–Crippen MR) is 138 cm³/mol. The van der Waals surface area contributed by atoms with E-state index in [4.69, 9.17) is 32.7 Å². The number of nitrogens with zero attached hydrogens (tertiary/aromatic N) is 2. The summed E-state index contributed by atoms with van der Waals surface area (Å²) in [4.78, 5) is 24.2. The third-order valence-electron chi connectivity index (χ3n) is 5.08. The molecule has 1 saturated heterocycles. The summed E-state index contributed by atoms with van der Waals surface area (Å²) in [6.45, 7) is 0.578. The molecule has 2 N–H and O–H groups in total. The van der Waals surface area contributed by atoms with Crippen molar-refractivity contribution < 1.29 is 27.5 Å². The first-order valence-corrected chi connectivity index (χ1v) is 13.6. The van der Waals surface area contributed by atoms with Crippen LogP contribution in [0.4, 0.5) is 5.69 Å². The van der Waals surface area contributed by atoms with Gasteiger partial charge in [-0.2, -0.15) is 5.10 Å². The van der Waals surface area contributed by atoms with Gasteiger partial charge in [0.15, 0.2) is 6.61 Å². The van der Waals surface area contributed by atoms with Gasteiger partial charge in [-0.1, -0.05) is 23.2 Å². The fourth-order valence-corrected chi connectivity index (χ4v) is 4.41. The molecule has 36 heavy (non-hydrogen) atoms. The lowest BCUT2D eigenvalue weighted by Crippen LogP contribution is -2.39. The summed E-state index contributed by atoms with van der Waals surface area (Å²) in [6, 6.07) is 10.9. The van der Waals surface area contributed by atoms with Crippen LogP contribution in [0.2, 0.25) is 10.0 Å². The fourth-order valence-electron chi connectivity index (χ4n) is 3.27. The summed E-state index contributed by atoms with van der Waals surface area (Å²) in [5, 5.41) is 7.06. The molecule has 0 aliphatic carbocycles. The van der Waals surface area contributed by atoms with E-state index in [1.54, 1.807) is 24.3 Å². The Morgan fingerprint density at radius 3 is 2.56 bits per heavy atom. The maximum absolute atomic E-state index is 12.3. The minimum Gasteiger partial charge on any atom is -0.484 e. The molecule has 2 aromatic rings. The topological polar surface area (TPSA) is 126 Å². The minimum absolute atomic E-state index is 0.0680. The predicted octanol–water partition coefficient (Wildman–Crippen LogP) is 2.58. The van der Waals surface area contributed by atoms with Crippen LogP contribution in [0, 0.1) is 0 Å². The highest BCUT2D eigenvalue weighted by molar-refractivity contribution is 7.92. The number of anilines is 1. The number of hydrogen-bond acceptors (Lipinski definition) is 7. The molecule has 1 atom stereocenters. The van der Waals surface area contributed by atoms with Crippen molar-refractivity contribution in [2.75, 3.05) is 36.9 Å². The zero-order chi connectivity index (χ0) is 26.1. The van der Waals surface area contributed by atoms with Crippen LogP contribution in [0.3, 0.4) is 0 Å². The second-order valence-electron chi connectivity index (χ2n) is 7.96. The SMILES string of the molecule is CS(=O)(=O)N(CC(=O)N/N=C\c1ccc(OCC(=O)NC[C@@H]2CCCO2)cc1)c1ccc(Cl)c(Cl)c1. The Hall–Kier alpha value is -2.86. The van der Waals surface area contributed by atoms with E-state index in [1.807, 2.05) is 0 Å². The van der Waals surface area contributed by atoms with E-state index in [0.717, 1.165) is 30.0 Å². The van der Waals surface area contributed by atoms with E-state index >= 15 is 0 Å². The summed E-state index contributed by atoms with van der Waals surface area (Å²) in [7, 11) is -3.77. The molecule has 1 heterocycles. The maximum Gasteiger partial charge on any atom is 0.260 e. The maximum atomic E-state index is 12.3. The summed E-state index contributed by atoms with van der Waals surface area (Å²) in [5.41, 5.74) is 3.14. The van der Waals surface area contributed by atoms with E-state index in [1.165, 1.54) is 24.4 Å². The van der Waals surface area contributed by atoms with Gasteiger partial charge in [0.2, 0.25) is 10.0 Å². The van der Waals surface area contributed by atoms with Crippen LogP contribution in [0.5, 0.6) is 5.75 Å². The molecule has 0 aromatic heterocycles. The van der Waals surface area contributed by atoms with Crippen LogP contribution < -0.4 is 19.8 Å². The van der Waals surface area contributed by atoms with Gasteiger partial charge in [0.05, 0.1) is 34.3 Å². The standard InChI is InChI=1S/C23H26Cl2N4O6S/c1-36(32,33)29(17-6-9-20(24)21(25)11-17)14-22(30)28-27-12-16-4-7-18(8-5-16)35-15-23(31)26-13-19-3-2-10-34-19/h4-9,11-12,19H,2-3,10,13-15H2,1H3,(H,26,31)(H,28,30)/b27-12-/t19-/m0/s1. The van der Waals surface area contributed by atoms with Crippen molar-refractivity contribution in [3.63, 3.8) is 0 Å². The number of benzene rings is 2. The first-order valence-electron chi connectivity index (χ1n) is 11.0. The highest BCUT2D eigenvalue weighted by Gasteiger charge is 2.21. The molecule has 3 rings (SSSR count). The van der Waals surface area contributed by atoms with Crippen LogP contribution in [0.25, 0.3) is 0 Å². The van der Waals surface area contributed by atoms with Crippen molar-refractivity contribution in [3.8, 4) is 5.75 Å². The van der Waals surface area contributed by atoms with Crippen LogP contribution in [0.1, 0.15) is 18.4 Å². The lowest BCUT2D eigenvalue weighted by Gasteiger charge is -2.21. The monoisotopic (exact) mass is 556 g/mol. The molecule has 0 bridgehead atoms. The Balaban J connectivity index is 1.47. The summed E-state index contributed by atoms with van der Waals surface area (Å²) in [6.07, 6.45) is 4.38. The number of hydrogen-bond donors (Lipinski definition) is 2. The lowest BCUT2D eigenvalue weighted by molar-refractivity contribution is -0.123. The summed E-state index contributed by atoms with van der Waals surface area (Å²) in [5.74, 6) is -0.395. The Bertz CT molecular complexity index is 1200. The second-order valence-corrected chi connectivity index (χ2v) is 10.7. The Labute approximate surface area is 219 Å². The highest BCUT2D eigenvalue weighted by Crippen LogP contribution is 2.28. The number of amides is 2. The lowest BCUT2D eigenvalue weighted by atomic mass is 10.2. The van der Waals surface area contributed by atoms with Gasteiger partial charge in [0, 0.05) is 13.2 Å². The molecule has 0 radical (unpaired) electrons. The smallest absolute Gasteiger partial charge is 0.260 e. The number of ether oxygens (including phenoxy) is 2.